The third-order valence-corrected chi connectivity index (χ3v) is 4.45. The highest BCUT2D eigenvalue weighted by atomic mass is 79.9. The van der Waals surface area contributed by atoms with Gasteiger partial charge in [0, 0.05) is 15.8 Å². The number of rotatable bonds is 5. The molecule has 0 aliphatic rings. The first kappa shape index (κ1) is 15.8. The average molecular weight is 391 g/mol. The van der Waals surface area contributed by atoms with E-state index in [0.29, 0.717) is 16.9 Å². The maximum absolute atomic E-state index is 11.0. The van der Waals surface area contributed by atoms with Crippen LogP contribution in [0.4, 0.5) is 0 Å². The van der Waals surface area contributed by atoms with Crippen molar-refractivity contribution in [2.75, 3.05) is 0 Å². The van der Waals surface area contributed by atoms with E-state index < -0.39 is 5.97 Å². The summed E-state index contributed by atoms with van der Waals surface area (Å²) in [6.07, 6.45) is 0. The van der Waals surface area contributed by atoms with Crippen molar-refractivity contribution in [2.45, 2.75) is 11.0 Å². The maximum Gasteiger partial charge on any atom is 0.335 e. The van der Waals surface area contributed by atoms with Gasteiger partial charge < -0.3 is 9.52 Å². The fraction of sp³-hybridized carbons (Fsp3) is 0.0625. The molecule has 5 nitrogen and oxygen atoms in total. The van der Waals surface area contributed by atoms with E-state index in [9.17, 15) is 4.79 Å². The zero-order valence-corrected chi connectivity index (χ0v) is 14.2. The molecule has 0 spiro atoms. The highest BCUT2D eigenvalue weighted by molar-refractivity contribution is 9.10. The first-order valence-corrected chi connectivity index (χ1v) is 8.44. The van der Waals surface area contributed by atoms with Gasteiger partial charge in [0.25, 0.3) is 5.22 Å². The van der Waals surface area contributed by atoms with Crippen LogP contribution in [0.5, 0.6) is 0 Å². The fourth-order valence-electron chi connectivity index (χ4n) is 1.92. The Hall–Kier alpha value is -2.12. The van der Waals surface area contributed by atoms with Gasteiger partial charge >= 0.3 is 5.97 Å². The van der Waals surface area contributed by atoms with E-state index in [-0.39, 0.29) is 5.56 Å². The summed E-state index contributed by atoms with van der Waals surface area (Å²) in [4.78, 5) is 11.0. The normalized spacial score (nSPS) is 10.7. The van der Waals surface area contributed by atoms with Gasteiger partial charge in [-0.3, -0.25) is 0 Å². The molecule has 1 N–H and O–H groups in total. The van der Waals surface area contributed by atoms with Crippen molar-refractivity contribution >= 4 is 33.7 Å². The van der Waals surface area contributed by atoms with Crippen molar-refractivity contribution in [3.63, 3.8) is 0 Å². The monoisotopic (exact) mass is 390 g/mol. The van der Waals surface area contributed by atoms with E-state index in [0.717, 1.165) is 15.6 Å². The summed E-state index contributed by atoms with van der Waals surface area (Å²) in [5.74, 6) is 0.0785. The summed E-state index contributed by atoms with van der Waals surface area (Å²) in [6.45, 7) is 0. The number of hydrogen-bond donors (Lipinski definition) is 1. The average Bonchev–Trinajstić information content (AvgIpc) is 3.03. The van der Waals surface area contributed by atoms with Crippen LogP contribution in [-0.4, -0.2) is 21.3 Å². The minimum atomic E-state index is -0.938. The number of aromatic nitrogens is 2. The van der Waals surface area contributed by atoms with Gasteiger partial charge in [0.1, 0.15) is 0 Å². The number of halogens is 1. The molecule has 0 amide bonds. The van der Waals surface area contributed by atoms with Crippen molar-refractivity contribution in [2.24, 2.45) is 0 Å². The van der Waals surface area contributed by atoms with Gasteiger partial charge in [0.15, 0.2) is 0 Å². The maximum atomic E-state index is 11.0. The lowest BCUT2D eigenvalue weighted by atomic mass is 10.1. The van der Waals surface area contributed by atoms with E-state index in [1.807, 2.05) is 30.3 Å². The van der Waals surface area contributed by atoms with Crippen LogP contribution in [0.25, 0.3) is 11.5 Å². The van der Waals surface area contributed by atoms with Crippen molar-refractivity contribution in [1.82, 2.24) is 10.2 Å². The summed E-state index contributed by atoms with van der Waals surface area (Å²) in [5, 5.41) is 17.5. The van der Waals surface area contributed by atoms with Gasteiger partial charge in [-0.1, -0.05) is 39.8 Å². The van der Waals surface area contributed by atoms with Crippen LogP contribution in [0.1, 0.15) is 15.9 Å². The van der Waals surface area contributed by atoms with Crippen LogP contribution < -0.4 is 0 Å². The predicted molar refractivity (Wildman–Crippen MR) is 90.4 cm³/mol. The van der Waals surface area contributed by atoms with Gasteiger partial charge in [0.05, 0.1) is 5.56 Å². The number of benzene rings is 2. The molecule has 0 saturated heterocycles. The Bertz CT molecular complexity index is 833. The Morgan fingerprint density at radius 1 is 1.17 bits per heavy atom. The van der Waals surface area contributed by atoms with Crippen LogP contribution in [0, 0.1) is 0 Å². The molecule has 1 aromatic heterocycles. The third-order valence-electron chi connectivity index (χ3n) is 3.03. The van der Waals surface area contributed by atoms with Gasteiger partial charge in [-0.25, -0.2) is 4.79 Å². The fourth-order valence-corrected chi connectivity index (χ4v) is 2.89. The summed E-state index contributed by atoms with van der Waals surface area (Å²) in [5.41, 5.74) is 2.00. The Kier molecular flexibility index (Phi) is 4.78. The summed E-state index contributed by atoms with van der Waals surface area (Å²) < 4.78 is 6.60. The number of nitrogens with zero attached hydrogens (tertiary/aromatic N) is 2. The number of carbonyl (C=O) groups is 1. The summed E-state index contributed by atoms with van der Waals surface area (Å²) in [6, 6.07) is 14.4. The SMILES string of the molecule is O=C(O)c1cccc(CSc2nnc(-c3ccc(Br)cc3)o2)c1. The highest BCUT2D eigenvalue weighted by Gasteiger charge is 2.10. The van der Waals surface area contributed by atoms with Gasteiger partial charge in [-0.05, 0) is 42.0 Å². The molecule has 0 unspecified atom stereocenters. The topological polar surface area (TPSA) is 76.2 Å². The van der Waals surface area contributed by atoms with E-state index >= 15 is 0 Å². The molecule has 3 aromatic rings. The number of aromatic carboxylic acids is 1. The molecule has 0 radical (unpaired) electrons. The van der Waals surface area contributed by atoms with Crippen LogP contribution in [0.3, 0.4) is 0 Å². The van der Waals surface area contributed by atoms with Gasteiger partial charge in [-0.15, -0.1) is 10.2 Å². The largest absolute Gasteiger partial charge is 0.478 e. The molecule has 3 rings (SSSR count). The first-order chi connectivity index (χ1) is 11.1. The van der Waals surface area contributed by atoms with Crippen molar-refractivity contribution in [1.29, 1.82) is 0 Å². The molecule has 0 saturated carbocycles. The second-order valence-electron chi connectivity index (χ2n) is 4.67. The van der Waals surface area contributed by atoms with Crippen molar-refractivity contribution in [3.8, 4) is 11.5 Å². The first-order valence-electron chi connectivity index (χ1n) is 6.66. The standard InChI is InChI=1S/C16H11BrN2O3S/c17-13-6-4-11(5-7-13)14-18-19-16(22-14)23-9-10-2-1-3-12(8-10)15(20)21/h1-8H,9H2,(H,20,21). The Labute approximate surface area is 144 Å². The lowest BCUT2D eigenvalue weighted by Gasteiger charge is -2.00. The molecule has 1 heterocycles. The lowest BCUT2D eigenvalue weighted by molar-refractivity contribution is 0.0697. The molecule has 0 fully saturated rings. The summed E-state index contributed by atoms with van der Waals surface area (Å²) >= 11 is 4.75. The molecule has 0 aliphatic heterocycles. The quantitative estimate of drug-likeness (QED) is 0.646. The molecule has 0 bridgehead atoms. The van der Waals surface area contributed by atoms with Crippen molar-refractivity contribution < 1.29 is 14.3 Å². The Morgan fingerprint density at radius 3 is 2.70 bits per heavy atom. The zero-order chi connectivity index (χ0) is 16.2. The van der Waals surface area contributed by atoms with E-state index in [2.05, 4.69) is 26.1 Å². The van der Waals surface area contributed by atoms with Crippen LogP contribution in [0.2, 0.25) is 0 Å². The van der Waals surface area contributed by atoms with Crippen LogP contribution >= 0.6 is 27.7 Å². The van der Waals surface area contributed by atoms with Gasteiger partial charge in [0.2, 0.25) is 5.89 Å². The second kappa shape index (κ2) is 6.97. The van der Waals surface area contributed by atoms with E-state index in [1.165, 1.54) is 11.8 Å². The Balaban J connectivity index is 1.69. The number of hydrogen-bond acceptors (Lipinski definition) is 5. The van der Waals surface area contributed by atoms with E-state index in [1.54, 1.807) is 18.2 Å². The smallest absolute Gasteiger partial charge is 0.335 e. The zero-order valence-electron chi connectivity index (χ0n) is 11.8. The third kappa shape index (κ3) is 4.00. The molecular formula is C16H11BrN2O3S. The second-order valence-corrected chi connectivity index (χ2v) is 6.52. The minimum Gasteiger partial charge on any atom is -0.478 e. The summed E-state index contributed by atoms with van der Waals surface area (Å²) in [7, 11) is 0. The Morgan fingerprint density at radius 2 is 1.96 bits per heavy atom. The van der Waals surface area contributed by atoms with E-state index in [4.69, 9.17) is 9.52 Å². The molecule has 116 valence electrons. The number of carboxylic acid groups (broad SMARTS) is 1. The lowest BCUT2D eigenvalue weighted by Crippen LogP contribution is -1.96. The molecular weight excluding hydrogens is 380 g/mol. The number of thioether (sulfide) groups is 1. The molecule has 7 heteroatoms. The van der Waals surface area contributed by atoms with Gasteiger partial charge in [-0.2, -0.15) is 0 Å². The number of carboxylic acids is 1. The minimum absolute atomic E-state index is 0.268. The van der Waals surface area contributed by atoms with Crippen molar-refractivity contribution in [3.05, 3.63) is 64.1 Å². The predicted octanol–water partition coefficient (Wildman–Crippen LogP) is 4.49. The molecule has 0 aliphatic carbocycles. The van der Waals surface area contributed by atoms with Crippen LogP contribution in [-0.2, 0) is 5.75 Å². The molecule has 2 aromatic carbocycles. The van der Waals surface area contributed by atoms with Crippen LogP contribution in [0.15, 0.2) is 62.6 Å². The molecule has 23 heavy (non-hydrogen) atoms. The molecule has 0 atom stereocenters. The highest BCUT2D eigenvalue weighted by Crippen LogP contribution is 2.26.